The van der Waals surface area contributed by atoms with Gasteiger partial charge in [0.2, 0.25) is 10.1 Å². The van der Waals surface area contributed by atoms with Crippen LogP contribution in [-0.2, 0) is 0 Å². The molecule has 1 saturated carbocycles. The Hall–Kier alpha value is -1.21. The summed E-state index contributed by atoms with van der Waals surface area (Å²) in [5.41, 5.74) is 0. The minimum atomic E-state index is 0.0303. The maximum absolute atomic E-state index is 12.4. The van der Waals surface area contributed by atoms with E-state index in [1.807, 2.05) is 11.8 Å². The molecule has 116 valence electrons. The van der Waals surface area contributed by atoms with Gasteiger partial charge in [-0.3, -0.25) is 9.69 Å². The summed E-state index contributed by atoms with van der Waals surface area (Å²) in [5.74, 6) is 0.0303. The normalized spacial score (nSPS) is 20.9. The number of amides is 1. The first-order valence-corrected chi connectivity index (χ1v) is 8.70. The lowest BCUT2D eigenvalue weighted by Crippen LogP contribution is -2.51. The van der Waals surface area contributed by atoms with Gasteiger partial charge in [-0.25, -0.2) is 0 Å². The Bertz CT molecular complexity index is 477. The van der Waals surface area contributed by atoms with Crippen LogP contribution in [-0.4, -0.2) is 64.7 Å². The second-order valence-electron chi connectivity index (χ2n) is 5.71. The van der Waals surface area contributed by atoms with E-state index in [0.29, 0.717) is 5.01 Å². The van der Waals surface area contributed by atoms with Crippen LogP contribution >= 0.6 is 11.3 Å². The van der Waals surface area contributed by atoms with Gasteiger partial charge >= 0.3 is 0 Å². The number of nitrogens with one attached hydrogen (secondary N) is 1. The molecule has 1 aliphatic heterocycles. The van der Waals surface area contributed by atoms with Gasteiger partial charge in [-0.15, -0.1) is 10.2 Å². The van der Waals surface area contributed by atoms with Crippen LogP contribution in [0.2, 0.25) is 0 Å². The van der Waals surface area contributed by atoms with Gasteiger partial charge in [-0.1, -0.05) is 24.2 Å². The van der Waals surface area contributed by atoms with Crippen molar-refractivity contribution in [3.8, 4) is 0 Å². The first-order chi connectivity index (χ1) is 10.3. The minimum Gasteiger partial charge on any atom is -0.360 e. The lowest BCUT2D eigenvalue weighted by Gasteiger charge is -2.37. The molecule has 1 N–H and O–H groups in total. The third kappa shape index (κ3) is 3.35. The van der Waals surface area contributed by atoms with Gasteiger partial charge in [0.25, 0.3) is 5.91 Å². The van der Waals surface area contributed by atoms with Crippen LogP contribution in [0.15, 0.2) is 0 Å². The average molecular weight is 309 g/mol. The number of nitrogens with zero attached hydrogens (tertiary/aromatic N) is 4. The molecule has 2 aliphatic rings. The fraction of sp³-hybridized carbons (Fsp3) is 0.786. The van der Waals surface area contributed by atoms with E-state index in [-0.39, 0.29) is 5.91 Å². The first kappa shape index (κ1) is 14.7. The maximum Gasteiger partial charge on any atom is 0.284 e. The van der Waals surface area contributed by atoms with E-state index in [9.17, 15) is 4.79 Å². The molecule has 0 spiro atoms. The van der Waals surface area contributed by atoms with Gasteiger partial charge in [0.1, 0.15) is 0 Å². The fourth-order valence-corrected chi connectivity index (χ4v) is 4.01. The fourth-order valence-electron chi connectivity index (χ4n) is 3.23. The van der Waals surface area contributed by atoms with Crippen molar-refractivity contribution in [1.82, 2.24) is 20.0 Å². The Labute approximate surface area is 129 Å². The molecule has 0 radical (unpaired) electrons. The van der Waals surface area contributed by atoms with E-state index in [0.717, 1.165) is 43.9 Å². The molecule has 3 rings (SSSR count). The van der Waals surface area contributed by atoms with Crippen LogP contribution in [0.4, 0.5) is 5.13 Å². The van der Waals surface area contributed by atoms with Crippen LogP contribution < -0.4 is 5.32 Å². The zero-order valence-corrected chi connectivity index (χ0v) is 13.4. The van der Waals surface area contributed by atoms with Crippen LogP contribution in [0, 0.1) is 0 Å². The standard InChI is InChI=1S/C14H23N5OS/c1-2-15-14-17-16-12(21-14)13(20)19-9-7-18(8-10-19)11-5-3-4-6-11/h11H,2-10H2,1H3,(H,15,17). The Morgan fingerprint density at radius 2 is 1.95 bits per heavy atom. The summed E-state index contributed by atoms with van der Waals surface area (Å²) in [6.45, 7) is 6.41. The smallest absolute Gasteiger partial charge is 0.284 e. The number of rotatable bonds is 4. The van der Waals surface area contributed by atoms with Crippen LogP contribution in [0.25, 0.3) is 0 Å². The van der Waals surface area contributed by atoms with Gasteiger partial charge in [-0.2, -0.15) is 0 Å². The molecule has 0 aromatic carbocycles. The highest BCUT2D eigenvalue weighted by Gasteiger charge is 2.29. The Morgan fingerprint density at radius 1 is 1.24 bits per heavy atom. The quantitative estimate of drug-likeness (QED) is 0.917. The van der Waals surface area contributed by atoms with Crippen LogP contribution in [0.5, 0.6) is 0 Å². The lowest BCUT2D eigenvalue weighted by atomic mass is 10.2. The number of anilines is 1. The summed E-state index contributed by atoms with van der Waals surface area (Å²) in [5, 5.41) is 12.3. The topological polar surface area (TPSA) is 61.4 Å². The van der Waals surface area contributed by atoms with Crippen molar-refractivity contribution in [2.45, 2.75) is 38.6 Å². The summed E-state index contributed by atoms with van der Waals surface area (Å²) in [6.07, 6.45) is 5.39. The largest absolute Gasteiger partial charge is 0.360 e. The molecule has 2 heterocycles. The third-order valence-corrected chi connectivity index (χ3v) is 5.25. The van der Waals surface area contributed by atoms with Gasteiger partial charge in [0.15, 0.2) is 0 Å². The summed E-state index contributed by atoms with van der Waals surface area (Å²) in [4.78, 5) is 16.9. The summed E-state index contributed by atoms with van der Waals surface area (Å²) < 4.78 is 0. The predicted molar refractivity (Wildman–Crippen MR) is 83.8 cm³/mol. The highest BCUT2D eigenvalue weighted by atomic mass is 32.1. The van der Waals surface area contributed by atoms with Crippen molar-refractivity contribution in [3.05, 3.63) is 5.01 Å². The highest BCUT2D eigenvalue weighted by molar-refractivity contribution is 7.17. The van der Waals surface area contributed by atoms with Crippen molar-refractivity contribution >= 4 is 22.4 Å². The highest BCUT2D eigenvalue weighted by Crippen LogP contribution is 2.25. The average Bonchev–Trinajstić information content (AvgIpc) is 3.19. The second-order valence-corrected chi connectivity index (χ2v) is 6.69. The molecule has 1 amide bonds. The molecule has 1 saturated heterocycles. The predicted octanol–water partition coefficient (Wildman–Crippen LogP) is 1.67. The monoisotopic (exact) mass is 309 g/mol. The first-order valence-electron chi connectivity index (χ1n) is 7.88. The van der Waals surface area contributed by atoms with Crippen molar-refractivity contribution in [2.75, 3.05) is 38.0 Å². The molecular weight excluding hydrogens is 286 g/mol. The molecule has 7 heteroatoms. The number of hydrogen-bond donors (Lipinski definition) is 1. The molecule has 0 unspecified atom stereocenters. The molecule has 0 atom stereocenters. The van der Waals surface area contributed by atoms with Crippen molar-refractivity contribution in [3.63, 3.8) is 0 Å². The van der Waals surface area contributed by atoms with E-state index in [4.69, 9.17) is 0 Å². The third-order valence-electron chi connectivity index (χ3n) is 4.38. The van der Waals surface area contributed by atoms with Gasteiger partial charge < -0.3 is 10.2 Å². The minimum absolute atomic E-state index is 0.0303. The number of carbonyl (C=O) groups excluding carboxylic acids is 1. The van der Waals surface area contributed by atoms with Crippen molar-refractivity contribution in [2.24, 2.45) is 0 Å². The van der Waals surface area contributed by atoms with Crippen molar-refractivity contribution < 1.29 is 4.79 Å². The molecule has 1 aliphatic carbocycles. The van der Waals surface area contributed by atoms with E-state index < -0.39 is 0 Å². The van der Waals surface area contributed by atoms with Crippen LogP contribution in [0.1, 0.15) is 42.4 Å². The summed E-state index contributed by atoms with van der Waals surface area (Å²) in [7, 11) is 0. The van der Waals surface area contributed by atoms with Gasteiger partial charge in [-0.05, 0) is 19.8 Å². The van der Waals surface area contributed by atoms with Gasteiger partial charge in [0, 0.05) is 38.8 Å². The molecule has 1 aromatic rings. The number of aromatic nitrogens is 2. The molecule has 6 nitrogen and oxygen atoms in total. The number of hydrogen-bond acceptors (Lipinski definition) is 6. The SMILES string of the molecule is CCNc1nnc(C(=O)N2CCN(C3CCCC3)CC2)s1. The Morgan fingerprint density at radius 3 is 2.62 bits per heavy atom. The molecule has 1 aromatic heterocycles. The Kier molecular flexibility index (Phi) is 4.70. The lowest BCUT2D eigenvalue weighted by molar-refractivity contribution is 0.0572. The summed E-state index contributed by atoms with van der Waals surface area (Å²) >= 11 is 1.35. The molecular formula is C14H23N5OS. The summed E-state index contributed by atoms with van der Waals surface area (Å²) in [6, 6.07) is 0.754. The van der Waals surface area contributed by atoms with Crippen molar-refractivity contribution in [1.29, 1.82) is 0 Å². The van der Waals surface area contributed by atoms with E-state index in [1.165, 1.54) is 37.0 Å². The molecule has 21 heavy (non-hydrogen) atoms. The zero-order chi connectivity index (χ0) is 14.7. The maximum atomic E-state index is 12.4. The van der Waals surface area contributed by atoms with E-state index in [2.05, 4.69) is 20.4 Å². The van der Waals surface area contributed by atoms with E-state index >= 15 is 0 Å². The number of piperazine rings is 1. The zero-order valence-electron chi connectivity index (χ0n) is 12.5. The molecule has 2 fully saturated rings. The molecule has 0 bridgehead atoms. The van der Waals surface area contributed by atoms with E-state index in [1.54, 1.807) is 0 Å². The Balaban J connectivity index is 1.54. The van der Waals surface area contributed by atoms with Gasteiger partial charge in [0.05, 0.1) is 0 Å². The van der Waals surface area contributed by atoms with Crippen LogP contribution in [0.3, 0.4) is 0 Å². The second kappa shape index (κ2) is 6.70. The number of carbonyl (C=O) groups is 1.